The molecule has 0 radical (unpaired) electrons. The van der Waals surface area contributed by atoms with Crippen LogP contribution in [0, 0.1) is 0 Å². The molecular weight excluding hydrogens is 206 g/mol. The Bertz CT molecular complexity index is 307. The van der Waals surface area contributed by atoms with Crippen molar-refractivity contribution in [2.45, 2.75) is 31.2 Å². The molecule has 1 nitrogen and oxygen atoms in total. The maximum Gasteiger partial charge on any atom is 0.0474 e. The summed E-state index contributed by atoms with van der Waals surface area (Å²) in [6, 6.07) is 9.35. The zero-order valence-electron chi connectivity index (χ0n) is 9.25. The highest BCUT2D eigenvalue weighted by molar-refractivity contribution is 6.17. The van der Waals surface area contributed by atoms with Crippen molar-refractivity contribution in [3.05, 3.63) is 35.4 Å². The fourth-order valence-corrected chi connectivity index (χ4v) is 2.50. The molecule has 0 saturated carbocycles. The summed E-state index contributed by atoms with van der Waals surface area (Å²) in [4.78, 5) is 2.46. The van der Waals surface area contributed by atoms with Crippen molar-refractivity contribution in [3.63, 3.8) is 0 Å². The van der Waals surface area contributed by atoms with Gasteiger partial charge in [0.15, 0.2) is 0 Å². The van der Waals surface area contributed by atoms with Crippen LogP contribution in [0.3, 0.4) is 0 Å². The number of rotatable bonds is 2. The van der Waals surface area contributed by atoms with E-state index in [1.807, 2.05) is 0 Å². The predicted octanol–water partition coefficient (Wildman–Crippen LogP) is 3.58. The van der Waals surface area contributed by atoms with Gasteiger partial charge in [-0.2, -0.15) is 0 Å². The molecule has 0 bridgehead atoms. The lowest BCUT2D eigenvalue weighted by Crippen LogP contribution is -2.29. The molecule has 1 saturated heterocycles. The van der Waals surface area contributed by atoms with Crippen LogP contribution >= 0.6 is 11.6 Å². The zero-order chi connectivity index (χ0) is 10.7. The molecule has 0 aromatic heterocycles. The van der Waals surface area contributed by atoms with Gasteiger partial charge < -0.3 is 0 Å². The van der Waals surface area contributed by atoms with Crippen molar-refractivity contribution in [2.75, 3.05) is 13.6 Å². The quantitative estimate of drug-likeness (QED) is 0.693. The summed E-state index contributed by atoms with van der Waals surface area (Å²) in [5.74, 6) is 0.612. The smallest absolute Gasteiger partial charge is 0.0474 e. The normalized spacial score (nSPS) is 22.9. The number of hydrogen-bond donors (Lipinski definition) is 0. The Kier molecular flexibility index (Phi) is 3.66. The third-order valence-electron chi connectivity index (χ3n) is 3.29. The van der Waals surface area contributed by atoms with Crippen molar-refractivity contribution in [3.8, 4) is 0 Å². The summed E-state index contributed by atoms with van der Waals surface area (Å²) in [6.07, 6.45) is 3.98. The second-order valence-corrected chi connectivity index (χ2v) is 4.63. The molecule has 82 valence electrons. The van der Waals surface area contributed by atoms with Gasteiger partial charge in [0.2, 0.25) is 0 Å². The molecule has 1 fully saturated rings. The number of alkyl halides is 1. The maximum atomic E-state index is 5.78. The minimum Gasteiger partial charge on any atom is -0.299 e. The maximum absolute atomic E-state index is 5.78. The van der Waals surface area contributed by atoms with Gasteiger partial charge in [0.25, 0.3) is 0 Å². The minimum atomic E-state index is 0.612. The van der Waals surface area contributed by atoms with Crippen molar-refractivity contribution < 1.29 is 0 Å². The van der Waals surface area contributed by atoms with Gasteiger partial charge >= 0.3 is 0 Å². The Morgan fingerprint density at radius 3 is 2.60 bits per heavy atom. The number of hydrogen-bond acceptors (Lipinski definition) is 1. The number of halogens is 1. The fourth-order valence-electron chi connectivity index (χ4n) is 2.33. The molecule has 1 aliphatic rings. The molecule has 1 unspecified atom stereocenters. The Morgan fingerprint density at radius 2 is 2.00 bits per heavy atom. The molecule has 0 spiro atoms. The van der Waals surface area contributed by atoms with E-state index in [0.717, 1.165) is 0 Å². The summed E-state index contributed by atoms with van der Waals surface area (Å²) < 4.78 is 0. The topological polar surface area (TPSA) is 3.24 Å². The van der Waals surface area contributed by atoms with Gasteiger partial charge in [0, 0.05) is 11.9 Å². The zero-order valence-corrected chi connectivity index (χ0v) is 10.0. The van der Waals surface area contributed by atoms with Gasteiger partial charge in [-0.05, 0) is 37.6 Å². The summed E-state index contributed by atoms with van der Waals surface area (Å²) in [5.41, 5.74) is 2.64. The Balaban J connectivity index is 2.13. The molecule has 1 atom stereocenters. The first-order chi connectivity index (χ1) is 7.31. The average molecular weight is 224 g/mol. The average Bonchev–Trinajstić information content (AvgIpc) is 2.30. The van der Waals surface area contributed by atoms with Gasteiger partial charge in [-0.3, -0.25) is 4.90 Å². The number of benzene rings is 1. The van der Waals surface area contributed by atoms with E-state index in [2.05, 4.69) is 36.2 Å². The Morgan fingerprint density at radius 1 is 1.27 bits per heavy atom. The lowest BCUT2D eigenvalue weighted by molar-refractivity contribution is 0.187. The summed E-state index contributed by atoms with van der Waals surface area (Å²) in [5, 5.41) is 0. The van der Waals surface area contributed by atoms with E-state index < -0.39 is 0 Å². The van der Waals surface area contributed by atoms with Crippen molar-refractivity contribution >= 4 is 11.6 Å². The van der Waals surface area contributed by atoms with Gasteiger partial charge in [-0.1, -0.05) is 30.7 Å². The van der Waals surface area contributed by atoms with Crippen LogP contribution in [-0.2, 0) is 5.88 Å². The molecule has 1 heterocycles. The first-order valence-electron chi connectivity index (χ1n) is 5.66. The Hall–Kier alpha value is -0.530. The second-order valence-electron chi connectivity index (χ2n) is 4.37. The van der Waals surface area contributed by atoms with Crippen LogP contribution in [0.5, 0.6) is 0 Å². The predicted molar refractivity (Wildman–Crippen MR) is 65.2 cm³/mol. The van der Waals surface area contributed by atoms with E-state index in [1.165, 1.54) is 36.9 Å². The van der Waals surface area contributed by atoms with Crippen LogP contribution < -0.4 is 0 Å². The van der Waals surface area contributed by atoms with Gasteiger partial charge in [0.1, 0.15) is 0 Å². The number of likely N-dealkylation sites (tertiary alicyclic amines) is 1. The SMILES string of the molecule is CN1CCCCC1c1ccc(CCl)cc1. The highest BCUT2D eigenvalue weighted by atomic mass is 35.5. The molecule has 1 aromatic carbocycles. The number of nitrogens with zero attached hydrogens (tertiary/aromatic N) is 1. The van der Waals surface area contributed by atoms with Crippen molar-refractivity contribution in [1.29, 1.82) is 0 Å². The lowest BCUT2D eigenvalue weighted by Gasteiger charge is -2.32. The molecular formula is C13H18ClN. The van der Waals surface area contributed by atoms with Crippen LogP contribution in [0.1, 0.15) is 36.4 Å². The van der Waals surface area contributed by atoms with E-state index in [1.54, 1.807) is 0 Å². The van der Waals surface area contributed by atoms with Crippen molar-refractivity contribution in [1.82, 2.24) is 4.90 Å². The molecule has 0 amide bonds. The summed E-state index contributed by atoms with van der Waals surface area (Å²) in [6.45, 7) is 1.22. The van der Waals surface area contributed by atoms with Crippen LogP contribution in [0.15, 0.2) is 24.3 Å². The van der Waals surface area contributed by atoms with Crippen LogP contribution in [0.2, 0.25) is 0 Å². The van der Waals surface area contributed by atoms with Crippen molar-refractivity contribution in [2.24, 2.45) is 0 Å². The van der Waals surface area contributed by atoms with E-state index >= 15 is 0 Å². The van der Waals surface area contributed by atoms with Gasteiger partial charge in [-0.25, -0.2) is 0 Å². The Labute approximate surface area is 97.0 Å². The molecule has 1 aliphatic heterocycles. The van der Waals surface area contributed by atoms with Gasteiger partial charge in [0.05, 0.1) is 0 Å². The van der Waals surface area contributed by atoms with E-state index in [4.69, 9.17) is 11.6 Å². The first kappa shape index (κ1) is 11.0. The molecule has 2 heteroatoms. The van der Waals surface area contributed by atoms with E-state index in [9.17, 15) is 0 Å². The molecule has 15 heavy (non-hydrogen) atoms. The highest BCUT2D eigenvalue weighted by Gasteiger charge is 2.19. The fraction of sp³-hybridized carbons (Fsp3) is 0.538. The van der Waals surface area contributed by atoms with Gasteiger partial charge in [-0.15, -0.1) is 11.6 Å². The third-order valence-corrected chi connectivity index (χ3v) is 3.60. The van der Waals surface area contributed by atoms with E-state index in [-0.39, 0.29) is 0 Å². The standard InChI is InChI=1S/C13H18ClN/c1-15-9-3-2-4-13(15)12-7-5-11(10-14)6-8-12/h5-8,13H,2-4,9-10H2,1H3. The monoisotopic (exact) mass is 223 g/mol. The minimum absolute atomic E-state index is 0.612. The second kappa shape index (κ2) is 5.00. The largest absolute Gasteiger partial charge is 0.299 e. The molecule has 2 rings (SSSR count). The van der Waals surface area contributed by atoms with Crippen LogP contribution in [0.25, 0.3) is 0 Å². The lowest BCUT2D eigenvalue weighted by atomic mass is 9.95. The molecule has 0 aliphatic carbocycles. The highest BCUT2D eigenvalue weighted by Crippen LogP contribution is 2.29. The summed E-state index contributed by atoms with van der Waals surface area (Å²) in [7, 11) is 2.22. The molecule has 0 N–H and O–H groups in total. The molecule has 1 aromatic rings. The number of piperidine rings is 1. The van der Waals surface area contributed by atoms with Crippen LogP contribution in [0.4, 0.5) is 0 Å². The summed E-state index contributed by atoms with van der Waals surface area (Å²) >= 11 is 5.78. The van der Waals surface area contributed by atoms with Crippen LogP contribution in [-0.4, -0.2) is 18.5 Å². The van der Waals surface area contributed by atoms with E-state index in [0.29, 0.717) is 11.9 Å². The first-order valence-corrected chi connectivity index (χ1v) is 6.20. The third kappa shape index (κ3) is 2.53.